The van der Waals surface area contributed by atoms with E-state index in [0.29, 0.717) is 11.5 Å². The summed E-state index contributed by atoms with van der Waals surface area (Å²) in [5, 5.41) is 3.32. The molecule has 4 aliphatic rings. The summed E-state index contributed by atoms with van der Waals surface area (Å²) >= 11 is 0. The average molecular weight is 286 g/mol. The Bertz CT molecular complexity index is 524. The van der Waals surface area contributed by atoms with Crippen LogP contribution < -0.4 is 5.32 Å². The molecule has 21 heavy (non-hydrogen) atoms. The smallest absolute Gasteiger partial charge is 0.268 e. The van der Waals surface area contributed by atoms with Crippen molar-refractivity contribution in [1.29, 1.82) is 0 Å². The van der Waals surface area contributed by atoms with Gasteiger partial charge in [0.05, 0.1) is 0 Å². The van der Waals surface area contributed by atoms with E-state index in [-0.39, 0.29) is 5.91 Å². The van der Waals surface area contributed by atoms with Gasteiger partial charge in [-0.2, -0.15) is 0 Å². The lowest BCUT2D eigenvalue weighted by molar-refractivity contribution is -0.0688. The highest BCUT2D eigenvalue weighted by Crippen LogP contribution is 2.61. The van der Waals surface area contributed by atoms with Crippen LogP contribution in [0.5, 0.6) is 0 Å². The zero-order valence-corrected chi connectivity index (χ0v) is 13.1. The molecule has 114 valence electrons. The van der Waals surface area contributed by atoms with Crippen LogP contribution in [-0.2, 0) is 7.05 Å². The highest BCUT2D eigenvalue weighted by molar-refractivity contribution is 5.92. The van der Waals surface area contributed by atoms with E-state index in [1.54, 1.807) is 0 Å². The molecule has 0 aromatic carbocycles. The maximum Gasteiger partial charge on any atom is 0.268 e. The molecule has 5 rings (SSSR count). The third-order valence-electron chi connectivity index (χ3n) is 6.53. The van der Waals surface area contributed by atoms with E-state index in [1.165, 1.54) is 38.5 Å². The molecule has 1 heterocycles. The molecule has 0 aliphatic heterocycles. The highest BCUT2D eigenvalue weighted by Gasteiger charge is 2.53. The van der Waals surface area contributed by atoms with Gasteiger partial charge in [0.25, 0.3) is 5.91 Å². The number of aryl methyl sites for hydroxylation is 1. The first-order valence-electron chi connectivity index (χ1n) is 8.48. The Hall–Kier alpha value is -1.25. The fourth-order valence-electron chi connectivity index (χ4n) is 5.83. The van der Waals surface area contributed by atoms with Crippen molar-refractivity contribution in [3.63, 3.8) is 0 Å². The van der Waals surface area contributed by atoms with Gasteiger partial charge < -0.3 is 9.88 Å². The minimum absolute atomic E-state index is 0.0887. The molecular weight excluding hydrogens is 260 g/mol. The number of nitrogens with one attached hydrogen (secondary N) is 1. The molecule has 4 aliphatic carbocycles. The first-order chi connectivity index (χ1) is 10.1. The van der Waals surface area contributed by atoms with Crippen molar-refractivity contribution < 1.29 is 4.79 Å². The Labute approximate surface area is 127 Å². The second-order valence-electron chi connectivity index (χ2n) is 7.98. The van der Waals surface area contributed by atoms with E-state index in [1.807, 2.05) is 29.9 Å². The standard InChI is InChI=1S/C18H26N2O/c1-12(19-17(21)16-4-3-5-20(16)2)18-9-13-6-14(10-18)8-15(7-13)11-18/h3-5,12-15H,6-11H2,1-2H3,(H,19,21)/t12-,13?,14?,15?,18?/m1/s1. The average Bonchev–Trinajstić information content (AvgIpc) is 2.83. The van der Waals surface area contributed by atoms with Gasteiger partial charge in [-0.25, -0.2) is 0 Å². The Kier molecular flexibility index (Phi) is 2.95. The lowest BCUT2D eigenvalue weighted by Gasteiger charge is -2.59. The number of hydrogen-bond acceptors (Lipinski definition) is 1. The Balaban J connectivity index is 1.51. The van der Waals surface area contributed by atoms with Crippen LogP contribution in [-0.4, -0.2) is 16.5 Å². The Morgan fingerprint density at radius 2 is 1.81 bits per heavy atom. The van der Waals surface area contributed by atoms with Crippen LogP contribution in [0.1, 0.15) is 55.9 Å². The monoisotopic (exact) mass is 286 g/mol. The molecular formula is C18H26N2O. The first-order valence-corrected chi connectivity index (χ1v) is 8.48. The van der Waals surface area contributed by atoms with Gasteiger partial charge in [-0.1, -0.05) is 0 Å². The first kappa shape index (κ1) is 13.4. The summed E-state index contributed by atoms with van der Waals surface area (Å²) < 4.78 is 1.90. The highest BCUT2D eigenvalue weighted by atomic mass is 16.2. The number of nitrogens with zero attached hydrogens (tertiary/aromatic N) is 1. The molecule has 0 unspecified atom stereocenters. The maximum atomic E-state index is 12.5. The van der Waals surface area contributed by atoms with Crippen LogP contribution in [0, 0.1) is 23.2 Å². The molecule has 3 heteroatoms. The minimum Gasteiger partial charge on any atom is -0.348 e. The second-order valence-corrected chi connectivity index (χ2v) is 7.98. The molecule has 0 saturated heterocycles. The molecule has 4 bridgehead atoms. The summed E-state index contributed by atoms with van der Waals surface area (Å²) in [6.07, 6.45) is 10.3. The van der Waals surface area contributed by atoms with Crippen LogP contribution in [0.3, 0.4) is 0 Å². The summed E-state index contributed by atoms with van der Waals surface area (Å²) in [5.74, 6) is 2.90. The zero-order valence-electron chi connectivity index (χ0n) is 13.1. The SMILES string of the molecule is C[C@@H](NC(=O)c1cccn1C)C12CC3CC(CC(C3)C1)C2. The molecule has 3 nitrogen and oxygen atoms in total. The van der Waals surface area contributed by atoms with Gasteiger partial charge in [0.1, 0.15) is 5.69 Å². The number of aromatic nitrogens is 1. The fourth-order valence-corrected chi connectivity index (χ4v) is 5.83. The maximum absolute atomic E-state index is 12.5. The van der Waals surface area contributed by atoms with E-state index < -0.39 is 0 Å². The van der Waals surface area contributed by atoms with E-state index in [2.05, 4.69) is 12.2 Å². The topological polar surface area (TPSA) is 34.0 Å². The third kappa shape index (κ3) is 2.13. The van der Waals surface area contributed by atoms with Gasteiger partial charge in [0.2, 0.25) is 0 Å². The number of carbonyl (C=O) groups excluding carboxylic acids is 1. The minimum atomic E-state index is 0.0887. The summed E-state index contributed by atoms with van der Waals surface area (Å²) in [4.78, 5) is 12.5. The second kappa shape index (κ2) is 4.62. The van der Waals surface area contributed by atoms with Gasteiger partial charge in [0.15, 0.2) is 0 Å². The molecule has 1 N–H and O–H groups in total. The molecule has 4 fully saturated rings. The fraction of sp³-hybridized carbons (Fsp3) is 0.722. The van der Waals surface area contributed by atoms with Crippen molar-refractivity contribution >= 4 is 5.91 Å². The van der Waals surface area contributed by atoms with Crippen molar-refractivity contribution in [2.45, 2.75) is 51.5 Å². The van der Waals surface area contributed by atoms with Crippen molar-refractivity contribution in [1.82, 2.24) is 9.88 Å². The molecule has 0 radical (unpaired) electrons. The summed E-state index contributed by atoms with van der Waals surface area (Å²) in [6.45, 7) is 2.24. The van der Waals surface area contributed by atoms with Crippen molar-refractivity contribution in [3.05, 3.63) is 24.0 Å². The van der Waals surface area contributed by atoms with E-state index in [4.69, 9.17) is 0 Å². The Morgan fingerprint density at radius 1 is 1.24 bits per heavy atom. The van der Waals surface area contributed by atoms with Crippen LogP contribution in [0.15, 0.2) is 18.3 Å². The largest absolute Gasteiger partial charge is 0.348 e. The number of hydrogen-bond donors (Lipinski definition) is 1. The summed E-state index contributed by atoms with van der Waals surface area (Å²) in [5.41, 5.74) is 1.15. The quantitative estimate of drug-likeness (QED) is 0.908. The van der Waals surface area contributed by atoms with E-state index >= 15 is 0 Å². The third-order valence-corrected chi connectivity index (χ3v) is 6.53. The van der Waals surface area contributed by atoms with E-state index in [0.717, 1.165) is 23.4 Å². The van der Waals surface area contributed by atoms with Crippen LogP contribution >= 0.6 is 0 Å². The molecule has 1 aromatic heterocycles. The van der Waals surface area contributed by atoms with Crippen molar-refractivity contribution in [2.24, 2.45) is 30.2 Å². The van der Waals surface area contributed by atoms with Crippen molar-refractivity contribution in [2.75, 3.05) is 0 Å². The van der Waals surface area contributed by atoms with Gasteiger partial charge in [-0.3, -0.25) is 4.79 Å². The summed E-state index contributed by atoms with van der Waals surface area (Å²) in [7, 11) is 1.93. The van der Waals surface area contributed by atoms with E-state index in [9.17, 15) is 4.79 Å². The molecule has 0 spiro atoms. The van der Waals surface area contributed by atoms with Gasteiger partial charge in [-0.05, 0) is 80.8 Å². The molecule has 1 aromatic rings. The molecule has 1 atom stereocenters. The summed E-state index contributed by atoms with van der Waals surface area (Å²) in [6, 6.07) is 4.14. The number of amides is 1. The Morgan fingerprint density at radius 3 is 2.29 bits per heavy atom. The van der Waals surface area contributed by atoms with Crippen LogP contribution in [0.2, 0.25) is 0 Å². The van der Waals surface area contributed by atoms with Gasteiger partial charge in [-0.15, -0.1) is 0 Å². The predicted molar refractivity (Wildman–Crippen MR) is 82.9 cm³/mol. The lowest BCUT2D eigenvalue weighted by atomic mass is 9.48. The molecule has 1 amide bonds. The van der Waals surface area contributed by atoms with Crippen molar-refractivity contribution in [3.8, 4) is 0 Å². The van der Waals surface area contributed by atoms with Crippen LogP contribution in [0.25, 0.3) is 0 Å². The number of rotatable bonds is 3. The normalized spacial score (nSPS) is 38.5. The van der Waals surface area contributed by atoms with Crippen LogP contribution in [0.4, 0.5) is 0 Å². The molecule has 4 saturated carbocycles. The zero-order chi connectivity index (χ0) is 14.6. The predicted octanol–water partition coefficient (Wildman–Crippen LogP) is 3.36. The lowest BCUT2D eigenvalue weighted by Crippen LogP contribution is -2.55. The number of carbonyl (C=O) groups is 1. The van der Waals surface area contributed by atoms with Gasteiger partial charge >= 0.3 is 0 Å². The van der Waals surface area contributed by atoms with Gasteiger partial charge in [0, 0.05) is 19.3 Å².